The van der Waals surface area contributed by atoms with Crippen molar-refractivity contribution in [3.63, 3.8) is 0 Å². The monoisotopic (exact) mass is 210 g/mol. The number of carboxylic acid groups (broad SMARTS) is 1. The number of carboxylic acids is 1. The number of rotatable bonds is 6. The average Bonchev–Trinajstić information content (AvgIpc) is 2.90. The van der Waals surface area contributed by atoms with Crippen LogP contribution in [0.15, 0.2) is 6.20 Å². The first-order chi connectivity index (χ1) is 7.25. The lowest BCUT2D eigenvalue weighted by atomic mass is 10.4. The van der Waals surface area contributed by atoms with Crippen LogP contribution >= 0.6 is 0 Å². The van der Waals surface area contributed by atoms with Gasteiger partial charge < -0.3 is 10.4 Å². The molecule has 1 fully saturated rings. The van der Waals surface area contributed by atoms with Gasteiger partial charge in [-0.3, -0.25) is 4.68 Å². The third-order valence-corrected chi connectivity index (χ3v) is 2.41. The van der Waals surface area contributed by atoms with E-state index in [1.165, 1.54) is 19.0 Å². The van der Waals surface area contributed by atoms with Crippen LogP contribution < -0.4 is 5.32 Å². The highest BCUT2D eigenvalue weighted by Crippen LogP contribution is 2.27. The van der Waals surface area contributed by atoms with E-state index in [1.807, 2.05) is 0 Å². The van der Waals surface area contributed by atoms with Crippen LogP contribution in [0.4, 0.5) is 0 Å². The summed E-state index contributed by atoms with van der Waals surface area (Å²) in [6.45, 7) is 2.52. The third kappa shape index (κ3) is 3.02. The Morgan fingerprint density at radius 2 is 2.47 bits per heavy atom. The molecule has 0 amide bonds. The van der Waals surface area contributed by atoms with E-state index in [0.717, 1.165) is 19.0 Å². The van der Waals surface area contributed by atoms with Crippen LogP contribution in [-0.4, -0.2) is 39.2 Å². The molecule has 1 saturated carbocycles. The van der Waals surface area contributed by atoms with E-state index in [1.54, 1.807) is 4.68 Å². The number of hydrogen-bond donors (Lipinski definition) is 2. The quantitative estimate of drug-likeness (QED) is 0.645. The molecule has 2 N–H and O–H groups in total. The van der Waals surface area contributed by atoms with Crippen LogP contribution in [0, 0.1) is 5.92 Å². The molecule has 1 aromatic heterocycles. The minimum atomic E-state index is -1.04. The summed E-state index contributed by atoms with van der Waals surface area (Å²) >= 11 is 0. The van der Waals surface area contributed by atoms with Gasteiger partial charge in [0.25, 0.3) is 0 Å². The predicted octanol–water partition coefficient (Wildman–Crippen LogP) is -0.0241. The minimum Gasteiger partial charge on any atom is -0.476 e. The van der Waals surface area contributed by atoms with Gasteiger partial charge in [-0.2, -0.15) is 0 Å². The van der Waals surface area contributed by atoms with E-state index < -0.39 is 5.97 Å². The Hall–Kier alpha value is -1.43. The lowest BCUT2D eigenvalue weighted by Crippen LogP contribution is -2.22. The summed E-state index contributed by atoms with van der Waals surface area (Å²) < 4.78 is 1.54. The SMILES string of the molecule is O=C(O)c1cn(CCNCC2CC2)nn1. The molecule has 0 unspecified atom stereocenters. The fourth-order valence-corrected chi connectivity index (χ4v) is 1.33. The van der Waals surface area contributed by atoms with Crippen molar-refractivity contribution in [1.82, 2.24) is 20.3 Å². The number of carbonyl (C=O) groups is 1. The number of aromatic nitrogens is 3. The van der Waals surface area contributed by atoms with Gasteiger partial charge in [-0.25, -0.2) is 4.79 Å². The van der Waals surface area contributed by atoms with Crippen LogP contribution in [0.25, 0.3) is 0 Å². The van der Waals surface area contributed by atoms with Gasteiger partial charge in [-0.1, -0.05) is 5.21 Å². The molecule has 0 saturated heterocycles. The molecule has 1 heterocycles. The Bertz CT molecular complexity index is 346. The van der Waals surface area contributed by atoms with Crippen molar-refractivity contribution < 1.29 is 9.90 Å². The Kier molecular flexibility index (Phi) is 2.96. The molecule has 2 rings (SSSR count). The van der Waals surface area contributed by atoms with E-state index in [2.05, 4.69) is 15.6 Å². The smallest absolute Gasteiger partial charge is 0.358 e. The third-order valence-electron chi connectivity index (χ3n) is 2.41. The molecule has 82 valence electrons. The molecular weight excluding hydrogens is 196 g/mol. The Balaban J connectivity index is 1.70. The highest BCUT2D eigenvalue weighted by atomic mass is 16.4. The number of aromatic carboxylic acids is 1. The van der Waals surface area contributed by atoms with Gasteiger partial charge in [-0.15, -0.1) is 5.10 Å². The summed E-state index contributed by atoms with van der Waals surface area (Å²) in [6.07, 6.45) is 4.11. The molecular formula is C9H14N4O2. The van der Waals surface area contributed by atoms with Crippen molar-refractivity contribution in [3.8, 4) is 0 Å². The van der Waals surface area contributed by atoms with Gasteiger partial charge in [0.05, 0.1) is 12.7 Å². The Morgan fingerprint density at radius 3 is 3.07 bits per heavy atom. The van der Waals surface area contributed by atoms with E-state index in [4.69, 9.17) is 5.11 Å². The molecule has 1 aromatic rings. The number of nitrogens with zero attached hydrogens (tertiary/aromatic N) is 3. The zero-order valence-electron chi connectivity index (χ0n) is 8.39. The summed E-state index contributed by atoms with van der Waals surface area (Å²) in [7, 11) is 0. The van der Waals surface area contributed by atoms with Crippen LogP contribution in [0.2, 0.25) is 0 Å². The van der Waals surface area contributed by atoms with Crippen molar-refractivity contribution in [2.75, 3.05) is 13.1 Å². The van der Waals surface area contributed by atoms with Gasteiger partial charge in [-0.05, 0) is 25.3 Å². The van der Waals surface area contributed by atoms with Crippen molar-refractivity contribution in [3.05, 3.63) is 11.9 Å². The predicted molar refractivity (Wildman–Crippen MR) is 52.6 cm³/mol. The van der Waals surface area contributed by atoms with E-state index in [-0.39, 0.29) is 5.69 Å². The van der Waals surface area contributed by atoms with Gasteiger partial charge in [0.2, 0.25) is 0 Å². The van der Waals surface area contributed by atoms with Crippen molar-refractivity contribution in [1.29, 1.82) is 0 Å². The minimum absolute atomic E-state index is 0.00260. The standard InChI is InChI=1S/C9H14N4O2/c14-9(15)8-6-13(12-11-8)4-3-10-5-7-1-2-7/h6-7,10H,1-5H2,(H,14,15). The second kappa shape index (κ2) is 4.39. The zero-order chi connectivity index (χ0) is 10.7. The summed E-state index contributed by atoms with van der Waals surface area (Å²) in [5.41, 5.74) is -0.00260. The van der Waals surface area contributed by atoms with E-state index in [9.17, 15) is 4.79 Å². The second-order valence-electron chi connectivity index (χ2n) is 3.82. The lowest BCUT2D eigenvalue weighted by molar-refractivity contribution is 0.0690. The topological polar surface area (TPSA) is 80.0 Å². The van der Waals surface area contributed by atoms with E-state index >= 15 is 0 Å². The first kappa shape index (κ1) is 10.1. The summed E-state index contributed by atoms with van der Waals surface area (Å²) in [4.78, 5) is 10.5. The molecule has 0 aromatic carbocycles. The molecule has 1 aliphatic carbocycles. The first-order valence-corrected chi connectivity index (χ1v) is 5.10. The lowest BCUT2D eigenvalue weighted by Gasteiger charge is -2.02. The molecule has 15 heavy (non-hydrogen) atoms. The van der Waals surface area contributed by atoms with Gasteiger partial charge in [0.1, 0.15) is 0 Å². The molecule has 1 aliphatic rings. The van der Waals surface area contributed by atoms with Crippen molar-refractivity contribution >= 4 is 5.97 Å². The van der Waals surface area contributed by atoms with Crippen molar-refractivity contribution in [2.24, 2.45) is 5.92 Å². The molecule has 0 aliphatic heterocycles. The van der Waals surface area contributed by atoms with Crippen LogP contribution in [0.1, 0.15) is 23.3 Å². The van der Waals surface area contributed by atoms with E-state index in [0.29, 0.717) is 6.54 Å². The molecule has 0 spiro atoms. The summed E-state index contributed by atoms with van der Waals surface area (Å²) in [5.74, 6) is -0.178. The molecule has 6 nitrogen and oxygen atoms in total. The molecule has 0 radical (unpaired) electrons. The fraction of sp³-hybridized carbons (Fsp3) is 0.667. The van der Waals surface area contributed by atoms with Crippen LogP contribution in [0.3, 0.4) is 0 Å². The summed E-state index contributed by atoms with van der Waals surface area (Å²) in [5, 5.41) is 19.2. The fourth-order valence-electron chi connectivity index (χ4n) is 1.33. The maximum atomic E-state index is 10.5. The highest BCUT2D eigenvalue weighted by Gasteiger charge is 2.19. The van der Waals surface area contributed by atoms with Crippen LogP contribution in [-0.2, 0) is 6.54 Å². The normalized spacial score (nSPS) is 15.5. The largest absolute Gasteiger partial charge is 0.476 e. The Morgan fingerprint density at radius 1 is 1.67 bits per heavy atom. The van der Waals surface area contributed by atoms with Gasteiger partial charge in [0, 0.05) is 6.54 Å². The highest BCUT2D eigenvalue weighted by molar-refractivity contribution is 5.84. The van der Waals surface area contributed by atoms with Crippen molar-refractivity contribution in [2.45, 2.75) is 19.4 Å². The van der Waals surface area contributed by atoms with Gasteiger partial charge in [0.15, 0.2) is 5.69 Å². The average molecular weight is 210 g/mol. The maximum absolute atomic E-state index is 10.5. The second-order valence-corrected chi connectivity index (χ2v) is 3.82. The zero-order valence-corrected chi connectivity index (χ0v) is 8.39. The first-order valence-electron chi connectivity index (χ1n) is 5.10. The summed E-state index contributed by atoms with van der Waals surface area (Å²) in [6, 6.07) is 0. The Labute approximate surface area is 87.3 Å². The number of hydrogen-bond acceptors (Lipinski definition) is 4. The van der Waals surface area contributed by atoms with Crippen LogP contribution in [0.5, 0.6) is 0 Å². The molecule has 0 bridgehead atoms. The number of nitrogens with one attached hydrogen (secondary N) is 1. The molecule has 6 heteroatoms. The van der Waals surface area contributed by atoms with Gasteiger partial charge >= 0.3 is 5.97 Å². The molecule has 0 atom stereocenters. The maximum Gasteiger partial charge on any atom is 0.358 e.